The predicted octanol–water partition coefficient (Wildman–Crippen LogP) is 5.37. The highest BCUT2D eigenvalue weighted by Gasteiger charge is 2.38. The molecule has 8 heteroatoms. The Hall–Kier alpha value is -2.21. The fourth-order valence-electron chi connectivity index (χ4n) is 2.77. The molecule has 0 spiro atoms. The van der Waals surface area contributed by atoms with E-state index in [1.54, 1.807) is 49.1 Å². The van der Waals surface area contributed by atoms with Crippen LogP contribution in [0.1, 0.15) is 25.0 Å². The summed E-state index contributed by atoms with van der Waals surface area (Å²) in [5.41, 5.74) is 1.66. The third-order valence-corrected chi connectivity index (χ3v) is 5.10. The number of nitrogens with zero attached hydrogens (tertiary/aromatic N) is 1. The summed E-state index contributed by atoms with van der Waals surface area (Å²) in [6.07, 6.45) is 1.14. The second-order valence-electron chi connectivity index (χ2n) is 6.97. The average molecular weight is 455 g/mol. The van der Waals surface area contributed by atoms with Crippen LogP contribution < -0.4 is 0 Å². The average Bonchev–Trinajstić information content (AvgIpc) is 2.90. The van der Waals surface area contributed by atoms with Crippen LogP contribution >= 0.6 is 34.8 Å². The first-order valence-electron chi connectivity index (χ1n) is 8.74. The summed E-state index contributed by atoms with van der Waals surface area (Å²) in [6.45, 7) is 3.73. The molecule has 0 atom stereocenters. The van der Waals surface area contributed by atoms with Gasteiger partial charge >= 0.3 is 5.97 Å². The van der Waals surface area contributed by atoms with Crippen LogP contribution in [0.3, 0.4) is 0 Å². The Morgan fingerprint density at radius 1 is 0.966 bits per heavy atom. The lowest BCUT2D eigenvalue weighted by molar-refractivity contribution is -0.159. The number of benzene rings is 2. The first-order chi connectivity index (χ1) is 13.6. The normalized spacial score (nSPS) is 16.4. The van der Waals surface area contributed by atoms with Crippen molar-refractivity contribution in [2.24, 2.45) is 0 Å². The van der Waals surface area contributed by atoms with Crippen molar-refractivity contribution >= 4 is 46.7 Å². The number of esters is 1. The number of ether oxygens (including phenoxy) is 2. The minimum absolute atomic E-state index is 0.129. The lowest BCUT2D eigenvalue weighted by Crippen LogP contribution is -2.29. The van der Waals surface area contributed by atoms with E-state index in [0.717, 1.165) is 17.2 Å². The van der Waals surface area contributed by atoms with Crippen molar-refractivity contribution in [3.63, 3.8) is 0 Å². The van der Waals surface area contributed by atoms with Crippen LogP contribution in [0, 0.1) is 0 Å². The summed E-state index contributed by atoms with van der Waals surface area (Å²) in [5.74, 6) is -2.32. The molecule has 0 bridgehead atoms. The lowest BCUT2D eigenvalue weighted by Gasteiger charge is -2.22. The Morgan fingerprint density at radius 3 is 2.17 bits per heavy atom. The Kier molecular flexibility index (Phi) is 6.42. The Labute approximate surface area is 183 Å². The van der Waals surface area contributed by atoms with Gasteiger partial charge in [-0.15, -0.1) is 0 Å². The van der Waals surface area contributed by atoms with E-state index >= 15 is 0 Å². The van der Waals surface area contributed by atoms with Gasteiger partial charge in [-0.2, -0.15) is 0 Å². The van der Waals surface area contributed by atoms with Crippen molar-refractivity contribution in [3.8, 4) is 0 Å². The van der Waals surface area contributed by atoms with Gasteiger partial charge in [-0.1, -0.05) is 53.0 Å². The fraction of sp³-hybridized carbons (Fsp3) is 0.238. The number of carbonyl (C=O) groups is 2. The van der Waals surface area contributed by atoms with Crippen LogP contribution in [0.4, 0.5) is 0 Å². The van der Waals surface area contributed by atoms with E-state index < -0.39 is 17.7 Å². The molecule has 1 aliphatic heterocycles. The highest BCUT2D eigenvalue weighted by molar-refractivity contribution is 6.42. The molecule has 0 radical (unpaired) electrons. The number of carbonyl (C=O) groups excluding carboxylic acids is 2. The Bertz CT molecular complexity index is 970. The highest BCUT2D eigenvalue weighted by atomic mass is 35.5. The molecule has 0 aromatic heterocycles. The van der Waals surface area contributed by atoms with Gasteiger partial charge in [0, 0.05) is 32.0 Å². The second kappa shape index (κ2) is 8.66. The zero-order valence-corrected chi connectivity index (χ0v) is 18.0. The van der Waals surface area contributed by atoms with Gasteiger partial charge in [0.05, 0.1) is 16.1 Å². The molecule has 1 amide bonds. The SMILES string of the molecule is CC1(C)OC(=O)C(=CC(=O)N(Cc2ccc(Cl)cc2)Cc2ccc(Cl)c(Cl)c2)O1. The van der Waals surface area contributed by atoms with Crippen molar-refractivity contribution in [1.29, 1.82) is 0 Å². The van der Waals surface area contributed by atoms with E-state index in [0.29, 0.717) is 21.6 Å². The summed E-state index contributed by atoms with van der Waals surface area (Å²) in [4.78, 5) is 26.5. The van der Waals surface area contributed by atoms with Crippen molar-refractivity contribution in [3.05, 3.63) is 80.5 Å². The molecule has 1 fully saturated rings. The van der Waals surface area contributed by atoms with Gasteiger partial charge in [-0.25, -0.2) is 4.79 Å². The summed E-state index contributed by atoms with van der Waals surface area (Å²) >= 11 is 18.0. The Balaban J connectivity index is 1.86. The number of rotatable bonds is 5. The van der Waals surface area contributed by atoms with Crippen LogP contribution in [0.15, 0.2) is 54.3 Å². The molecule has 1 heterocycles. The largest absolute Gasteiger partial charge is 0.445 e. The minimum Gasteiger partial charge on any atom is -0.445 e. The first kappa shape index (κ1) is 21.5. The molecule has 0 unspecified atom stereocenters. The third kappa shape index (κ3) is 5.66. The van der Waals surface area contributed by atoms with Crippen molar-refractivity contribution in [2.75, 3.05) is 0 Å². The van der Waals surface area contributed by atoms with E-state index in [4.69, 9.17) is 44.3 Å². The van der Waals surface area contributed by atoms with E-state index in [-0.39, 0.29) is 12.3 Å². The molecule has 3 rings (SSSR count). The number of hydrogen-bond acceptors (Lipinski definition) is 4. The second-order valence-corrected chi connectivity index (χ2v) is 8.22. The van der Waals surface area contributed by atoms with Gasteiger partial charge < -0.3 is 14.4 Å². The maximum Gasteiger partial charge on any atom is 0.377 e. The van der Waals surface area contributed by atoms with E-state index in [2.05, 4.69) is 0 Å². The Morgan fingerprint density at radius 2 is 1.59 bits per heavy atom. The van der Waals surface area contributed by atoms with E-state index in [9.17, 15) is 9.59 Å². The number of hydrogen-bond donors (Lipinski definition) is 0. The van der Waals surface area contributed by atoms with Crippen molar-refractivity contribution in [1.82, 2.24) is 4.90 Å². The molecule has 1 saturated heterocycles. The van der Waals surface area contributed by atoms with Crippen LogP contribution in [0.5, 0.6) is 0 Å². The van der Waals surface area contributed by atoms with Crippen molar-refractivity contribution < 1.29 is 19.1 Å². The van der Waals surface area contributed by atoms with Gasteiger partial charge in [0.2, 0.25) is 11.5 Å². The van der Waals surface area contributed by atoms with Crippen molar-refractivity contribution in [2.45, 2.75) is 32.7 Å². The number of amides is 1. The quantitative estimate of drug-likeness (QED) is 0.450. The number of halogens is 3. The van der Waals surface area contributed by atoms with Gasteiger partial charge in [-0.05, 0) is 35.4 Å². The molecular formula is C21H18Cl3NO4. The third-order valence-electron chi connectivity index (χ3n) is 4.11. The molecule has 1 aliphatic rings. The predicted molar refractivity (Wildman–Crippen MR) is 112 cm³/mol. The number of cyclic esters (lactones) is 1. The summed E-state index contributed by atoms with van der Waals surface area (Å²) in [7, 11) is 0. The standard InChI is InChI=1S/C21H18Cl3NO4/c1-21(2)28-18(20(27)29-21)10-19(26)25(11-13-3-6-15(22)7-4-13)12-14-5-8-16(23)17(24)9-14/h3-10H,11-12H2,1-2H3. The molecule has 0 N–H and O–H groups in total. The molecule has 2 aromatic rings. The fourth-order valence-corrected chi connectivity index (χ4v) is 3.22. The monoisotopic (exact) mass is 453 g/mol. The summed E-state index contributed by atoms with van der Waals surface area (Å²) in [6, 6.07) is 12.3. The van der Waals surface area contributed by atoms with Crippen LogP contribution in [0.25, 0.3) is 0 Å². The van der Waals surface area contributed by atoms with Crippen LogP contribution in [-0.2, 0) is 32.2 Å². The highest BCUT2D eigenvalue weighted by Crippen LogP contribution is 2.27. The smallest absolute Gasteiger partial charge is 0.377 e. The molecule has 2 aromatic carbocycles. The minimum atomic E-state index is -1.10. The molecule has 152 valence electrons. The van der Waals surface area contributed by atoms with Gasteiger partial charge in [-0.3, -0.25) is 4.79 Å². The lowest BCUT2D eigenvalue weighted by atomic mass is 10.1. The zero-order chi connectivity index (χ0) is 21.2. The van der Waals surface area contributed by atoms with E-state index in [1.807, 2.05) is 12.1 Å². The van der Waals surface area contributed by atoms with Gasteiger partial charge in [0.1, 0.15) is 0 Å². The molecular weight excluding hydrogens is 437 g/mol. The molecule has 29 heavy (non-hydrogen) atoms. The zero-order valence-electron chi connectivity index (χ0n) is 15.7. The van der Waals surface area contributed by atoms with Gasteiger partial charge in [0.25, 0.3) is 5.91 Å². The maximum absolute atomic E-state index is 13.0. The first-order valence-corrected chi connectivity index (χ1v) is 9.88. The molecule has 0 saturated carbocycles. The van der Waals surface area contributed by atoms with Crippen LogP contribution in [-0.4, -0.2) is 22.6 Å². The maximum atomic E-state index is 13.0. The topological polar surface area (TPSA) is 55.8 Å². The molecule has 0 aliphatic carbocycles. The van der Waals surface area contributed by atoms with Gasteiger partial charge in [0.15, 0.2) is 0 Å². The summed E-state index contributed by atoms with van der Waals surface area (Å²) in [5, 5.41) is 1.42. The van der Waals surface area contributed by atoms with Crippen LogP contribution in [0.2, 0.25) is 15.1 Å². The molecule has 5 nitrogen and oxygen atoms in total. The van der Waals surface area contributed by atoms with E-state index in [1.165, 1.54) is 0 Å². The summed E-state index contributed by atoms with van der Waals surface area (Å²) < 4.78 is 10.5.